The minimum absolute atomic E-state index is 0.561. The van der Waals surface area contributed by atoms with Gasteiger partial charge in [0.25, 0.3) is 0 Å². The Morgan fingerprint density at radius 3 is 3.13 bits per heavy atom. The molecule has 1 fully saturated rings. The molecule has 3 heteroatoms. The van der Waals surface area contributed by atoms with Crippen molar-refractivity contribution in [1.29, 1.82) is 0 Å². The van der Waals surface area contributed by atoms with Gasteiger partial charge in [-0.3, -0.25) is 4.90 Å². The molecule has 84 valence electrons. The maximum atomic E-state index is 3.43. The zero-order chi connectivity index (χ0) is 10.7. The minimum atomic E-state index is 0.561. The molecular weight excluding hydrogens is 204 g/mol. The van der Waals surface area contributed by atoms with E-state index < -0.39 is 0 Å². The van der Waals surface area contributed by atoms with E-state index in [2.05, 4.69) is 41.7 Å². The molecule has 2 atom stereocenters. The largest absolute Gasteiger partial charge is 0.316 e. The predicted octanol–water partition coefficient (Wildman–Crippen LogP) is 2.35. The minimum Gasteiger partial charge on any atom is -0.316 e. The molecule has 0 aromatic carbocycles. The topological polar surface area (TPSA) is 15.3 Å². The molecule has 15 heavy (non-hydrogen) atoms. The van der Waals surface area contributed by atoms with Crippen LogP contribution in [0, 0.1) is 5.92 Å². The van der Waals surface area contributed by atoms with Crippen molar-refractivity contribution >= 4 is 11.3 Å². The highest BCUT2D eigenvalue weighted by molar-refractivity contribution is 7.10. The number of rotatable bonds is 4. The first-order chi connectivity index (χ1) is 7.27. The monoisotopic (exact) mass is 224 g/mol. The van der Waals surface area contributed by atoms with Crippen molar-refractivity contribution < 1.29 is 0 Å². The normalized spacial score (nSPS) is 23.5. The second-order valence-electron chi connectivity index (χ2n) is 4.49. The highest BCUT2D eigenvalue weighted by atomic mass is 32.1. The molecule has 1 aromatic rings. The Labute approximate surface area is 96.3 Å². The van der Waals surface area contributed by atoms with Gasteiger partial charge in [-0.05, 0) is 50.8 Å². The summed E-state index contributed by atoms with van der Waals surface area (Å²) in [7, 11) is 2.24. The maximum absolute atomic E-state index is 3.43. The van der Waals surface area contributed by atoms with E-state index in [4.69, 9.17) is 0 Å². The summed E-state index contributed by atoms with van der Waals surface area (Å²) in [6.07, 6.45) is 1.33. The summed E-state index contributed by atoms with van der Waals surface area (Å²) >= 11 is 1.86. The lowest BCUT2D eigenvalue weighted by molar-refractivity contribution is 0.229. The lowest BCUT2D eigenvalue weighted by Crippen LogP contribution is -2.29. The summed E-state index contributed by atoms with van der Waals surface area (Å²) in [5.41, 5.74) is 0. The average molecular weight is 224 g/mol. The lowest BCUT2D eigenvalue weighted by atomic mass is 10.1. The molecule has 0 amide bonds. The van der Waals surface area contributed by atoms with E-state index in [0.717, 1.165) is 5.92 Å². The molecule has 2 nitrogen and oxygen atoms in total. The van der Waals surface area contributed by atoms with Crippen molar-refractivity contribution in [3.05, 3.63) is 22.4 Å². The van der Waals surface area contributed by atoms with Crippen LogP contribution in [0.2, 0.25) is 0 Å². The Balaban J connectivity index is 1.87. The number of thiophene rings is 1. The molecule has 0 aliphatic carbocycles. The summed E-state index contributed by atoms with van der Waals surface area (Å²) in [6, 6.07) is 4.94. The van der Waals surface area contributed by atoms with Gasteiger partial charge in [-0.25, -0.2) is 0 Å². The van der Waals surface area contributed by atoms with Crippen molar-refractivity contribution in [2.75, 3.05) is 26.7 Å². The predicted molar refractivity (Wildman–Crippen MR) is 66.3 cm³/mol. The van der Waals surface area contributed by atoms with Crippen LogP contribution in [-0.2, 0) is 0 Å². The Hall–Kier alpha value is -0.380. The van der Waals surface area contributed by atoms with E-state index in [1.54, 1.807) is 0 Å². The van der Waals surface area contributed by atoms with Crippen LogP contribution in [0.3, 0.4) is 0 Å². The first-order valence-corrected chi connectivity index (χ1v) is 6.59. The molecule has 1 saturated heterocycles. The van der Waals surface area contributed by atoms with E-state index in [1.807, 2.05) is 11.3 Å². The van der Waals surface area contributed by atoms with Gasteiger partial charge in [0.15, 0.2) is 0 Å². The molecule has 0 saturated carbocycles. The lowest BCUT2D eigenvalue weighted by Gasteiger charge is -2.26. The van der Waals surface area contributed by atoms with E-state index in [9.17, 15) is 0 Å². The van der Waals surface area contributed by atoms with Crippen molar-refractivity contribution in [2.24, 2.45) is 5.92 Å². The number of nitrogens with zero attached hydrogens (tertiary/aromatic N) is 1. The highest BCUT2D eigenvalue weighted by Crippen LogP contribution is 2.24. The highest BCUT2D eigenvalue weighted by Gasteiger charge is 2.19. The molecule has 2 rings (SSSR count). The molecule has 1 aliphatic rings. The Morgan fingerprint density at radius 2 is 2.53 bits per heavy atom. The van der Waals surface area contributed by atoms with Crippen molar-refractivity contribution in [2.45, 2.75) is 19.4 Å². The van der Waals surface area contributed by atoms with Crippen LogP contribution in [0.4, 0.5) is 0 Å². The van der Waals surface area contributed by atoms with Crippen molar-refractivity contribution in [3.8, 4) is 0 Å². The third-order valence-electron chi connectivity index (χ3n) is 3.32. The van der Waals surface area contributed by atoms with Gasteiger partial charge in [-0.1, -0.05) is 6.07 Å². The Kier molecular flexibility index (Phi) is 3.78. The zero-order valence-corrected chi connectivity index (χ0v) is 10.4. The zero-order valence-electron chi connectivity index (χ0n) is 9.57. The fourth-order valence-corrected chi connectivity index (χ4v) is 3.03. The average Bonchev–Trinajstić information content (AvgIpc) is 2.88. The van der Waals surface area contributed by atoms with Crippen LogP contribution in [0.5, 0.6) is 0 Å². The first-order valence-electron chi connectivity index (χ1n) is 5.71. The summed E-state index contributed by atoms with van der Waals surface area (Å²) in [6.45, 7) is 5.91. The van der Waals surface area contributed by atoms with Gasteiger partial charge in [-0.15, -0.1) is 11.3 Å². The van der Waals surface area contributed by atoms with Crippen LogP contribution >= 0.6 is 11.3 Å². The third kappa shape index (κ3) is 2.80. The SMILES string of the molecule is C[C@H](c1cccs1)N(C)C[C@@H]1CCNC1. The fourth-order valence-electron chi connectivity index (χ4n) is 2.18. The van der Waals surface area contributed by atoms with Crippen LogP contribution in [-0.4, -0.2) is 31.6 Å². The van der Waals surface area contributed by atoms with Crippen LogP contribution < -0.4 is 5.32 Å². The molecule has 1 aliphatic heterocycles. The van der Waals surface area contributed by atoms with Gasteiger partial charge >= 0.3 is 0 Å². The number of hydrogen-bond donors (Lipinski definition) is 1. The van der Waals surface area contributed by atoms with Crippen molar-refractivity contribution in [1.82, 2.24) is 10.2 Å². The quantitative estimate of drug-likeness (QED) is 0.844. The van der Waals surface area contributed by atoms with Gasteiger partial charge < -0.3 is 5.32 Å². The second-order valence-corrected chi connectivity index (χ2v) is 5.47. The molecule has 1 aromatic heterocycles. The summed E-state index contributed by atoms with van der Waals surface area (Å²) in [5.74, 6) is 0.845. The van der Waals surface area contributed by atoms with Crippen LogP contribution in [0.1, 0.15) is 24.3 Å². The van der Waals surface area contributed by atoms with Gasteiger partial charge in [0.05, 0.1) is 0 Å². The molecule has 0 unspecified atom stereocenters. The molecule has 0 radical (unpaired) electrons. The fraction of sp³-hybridized carbons (Fsp3) is 0.667. The Bertz CT molecular complexity index is 278. The molecule has 0 spiro atoms. The molecular formula is C12H20N2S. The van der Waals surface area contributed by atoms with Crippen molar-refractivity contribution in [3.63, 3.8) is 0 Å². The second kappa shape index (κ2) is 5.10. The third-order valence-corrected chi connectivity index (χ3v) is 4.37. The van der Waals surface area contributed by atoms with Gasteiger partial charge in [0.1, 0.15) is 0 Å². The standard InChI is InChI=1S/C12H20N2S/c1-10(12-4-3-7-15-12)14(2)9-11-5-6-13-8-11/h3-4,7,10-11,13H,5-6,8-9H2,1-2H3/t10-,11-/m1/s1. The van der Waals surface area contributed by atoms with E-state index >= 15 is 0 Å². The van der Waals surface area contributed by atoms with Crippen LogP contribution in [0.15, 0.2) is 17.5 Å². The van der Waals surface area contributed by atoms with Crippen LogP contribution in [0.25, 0.3) is 0 Å². The molecule has 1 N–H and O–H groups in total. The smallest absolute Gasteiger partial charge is 0.0410 e. The summed E-state index contributed by atoms with van der Waals surface area (Å²) < 4.78 is 0. The van der Waals surface area contributed by atoms with Gasteiger partial charge in [-0.2, -0.15) is 0 Å². The first kappa shape index (κ1) is 11.1. The van der Waals surface area contributed by atoms with E-state index in [1.165, 1.54) is 30.9 Å². The number of nitrogens with one attached hydrogen (secondary N) is 1. The summed E-state index contributed by atoms with van der Waals surface area (Å²) in [5, 5.41) is 5.59. The number of hydrogen-bond acceptors (Lipinski definition) is 3. The van der Waals surface area contributed by atoms with Gasteiger partial charge in [0.2, 0.25) is 0 Å². The molecule has 2 heterocycles. The molecule has 0 bridgehead atoms. The Morgan fingerprint density at radius 1 is 1.67 bits per heavy atom. The maximum Gasteiger partial charge on any atom is 0.0410 e. The van der Waals surface area contributed by atoms with E-state index in [0.29, 0.717) is 6.04 Å². The van der Waals surface area contributed by atoms with Gasteiger partial charge in [0, 0.05) is 17.5 Å². The summed E-state index contributed by atoms with van der Waals surface area (Å²) in [4.78, 5) is 3.95. The van der Waals surface area contributed by atoms with E-state index in [-0.39, 0.29) is 0 Å².